The Hall–Kier alpha value is -2.41. The number of carbonyl (C=O) groups excluding carboxylic acids is 3. The first-order valence-corrected chi connectivity index (χ1v) is 10.7. The third kappa shape index (κ3) is 3.83. The van der Waals surface area contributed by atoms with Crippen molar-refractivity contribution in [1.82, 2.24) is 4.90 Å². The van der Waals surface area contributed by atoms with Crippen LogP contribution in [0.1, 0.15) is 59.2 Å². The third-order valence-electron chi connectivity index (χ3n) is 7.32. The van der Waals surface area contributed by atoms with Gasteiger partial charge < -0.3 is 14.8 Å². The van der Waals surface area contributed by atoms with Gasteiger partial charge in [-0.3, -0.25) is 9.69 Å². The molecule has 1 amide bonds. The number of hydrogen-bond acceptors (Lipinski definition) is 6. The Morgan fingerprint density at radius 3 is 2.10 bits per heavy atom. The predicted molar refractivity (Wildman–Crippen MR) is 111 cm³/mol. The van der Waals surface area contributed by atoms with Gasteiger partial charge in [-0.15, -0.1) is 0 Å². The molecule has 4 aliphatic carbocycles. The number of amides is 1. The Labute approximate surface area is 177 Å². The smallest absolute Gasteiger partial charge is 0.339 e. The number of benzene rings is 1. The van der Waals surface area contributed by atoms with E-state index in [0.29, 0.717) is 0 Å². The summed E-state index contributed by atoms with van der Waals surface area (Å²) in [5, 5.41) is 2.82. The second-order valence-corrected chi connectivity index (χ2v) is 9.29. The van der Waals surface area contributed by atoms with Gasteiger partial charge in [0.05, 0.1) is 37.6 Å². The number of methoxy groups -OCH3 is 2. The minimum Gasteiger partial charge on any atom is -0.465 e. The van der Waals surface area contributed by atoms with E-state index in [1.807, 2.05) is 7.05 Å². The second kappa shape index (κ2) is 8.02. The number of esters is 2. The van der Waals surface area contributed by atoms with Gasteiger partial charge in [-0.1, -0.05) is 0 Å². The first kappa shape index (κ1) is 20.8. The molecule has 4 fully saturated rings. The van der Waals surface area contributed by atoms with Gasteiger partial charge in [0.25, 0.3) is 0 Å². The molecule has 0 saturated heterocycles. The van der Waals surface area contributed by atoms with Crippen LogP contribution in [0.4, 0.5) is 5.69 Å². The van der Waals surface area contributed by atoms with Crippen molar-refractivity contribution in [3.8, 4) is 0 Å². The lowest BCUT2D eigenvalue weighted by Crippen LogP contribution is -2.60. The Bertz CT molecular complexity index is 830. The van der Waals surface area contributed by atoms with Crippen molar-refractivity contribution >= 4 is 23.5 Å². The van der Waals surface area contributed by atoms with Gasteiger partial charge in [-0.2, -0.15) is 0 Å². The van der Waals surface area contributed by atoms with E-state index in [4.69, 9.17) is 9.47 Å². The number of hydrogen-bond donors (Lipinski definition) is 1. The van der Waals surface area contributed by atoms with Crippen molar-refractivity contribution in [3.05, 3.63) is 29.3 Å². The van der Waals surface area contributed by atoms with E-state index < -0.39 is 11.9 Å². The van der Waals surface area contributed by atoms with Crippen molar-refractivity contribution in [1.29, 1.82) is 0 Å². The monoisotopic (exact) mass is 414 g/mol. The summed E-state index contributed by atoms with van der Waals surface area (Å²) in [4.78, 5) is 39.1. The zero-order valence-corrected chi connectivity index (χ0v) is 17.9. The van der Waals surface area contributed by atoms with E-state index in [1.54, 1.807) is 0 Å². The minimum absolute atomic E-state index is 0.116. The first-order chi connectivity index (χ1) is 14.3. The topological polar surface area (TPSA) is 84.9 Å². The number of carbonyl (C=O) groups is 3. The van der Waals surface area contributed by atoms with Crippen LogP contribution >= 0.6 is 0 Å². The summed E-state index contributed by atoms with van der Waals surface area (Å²) >= 11 is 0. The molecule has 0 heterocycles. The van der Waals surface area contributed by atoms with Crippen LogP contribution in [0.15, 0.2) is 18.2 Å². The summed E-state index contributed by atoms with van der Waals surface area (Å²) in [6.07, 6.45) is 7.57. The molecule has 0 radical (unpaired) electrons. The maximum absolute atomic E-state index is 12.9. The Kier molecular flexibility index (Phi) is 5.57. The van der Waals surface area contributed by atoms with Crippen LogP contribution < -0.4 is 5.32 Å². The van der Waals surface area contributed by atoms with Crippen molar-refractivity contribution in [3.63, 3.8) is 0 Å². The molecule has 7 heteroatoms. The normalized spacial score (nSPS) is 29.0. The molecular weight excluding hydrogens is 384 g/mol. The van der Waals surface area contributed by atoms with E-state index in [-0.39, 0.29) is 34.8 Å². The van der Waals surface area contributed by atoms with Crippen LogP contribution in [0, 0.1) is 17.8 Å². The summed E-state index contributed by atoms with van der Waals surface area (Å²) in [7, 11) is 4.61. The maximum Gasteiger partial charge on any atom is 0.339 e. The fourth-order valence-corrected chi connectivity index (χ4v) is 6.29. The van der Waals surface area contributed by atoms with Gasteiger partial charge in [0.15, 0.2) is 0 Å². The molecule has 0 aliphatic heterocycles. The van der Waals surface area contributed by atoms with E-state index >= 15 is 0 Å². The third-order valence-corrected chi connectivity index (χ3v) is 7.32. The SMILES string of the molecule is COC(=O)c1ccc(C(=O)OC)c(NC(=O)CN(C)C23CC4CC(CC(C4)C2)C3)c1. The Morgan fingerprint density at radius 2 is 1.57 bits per heavy atom. The zero-order valence-electron chi connectivity index (χ0n) is 17.9. The van der Waals surface area contributed by atoms with Crippen LogP contribution in [0.5, 0.6) is 0 Å². The lowest BCUT2D eigenvalue weighted by molar-refractivity contribution is -0.123. The zero-order chi connectivity index (χ0) is 21.5. The molecule has 4 bridgehead atoms. The number of likely N-dealkylation sites (N-methyl/N-ethyl adjacent to an activating group) is 1. The summed E-state index contributed by atoms with van der Waals surface area (Å²) in [5.74, 6) is 1.07. The van der Waals surface area contributed by atoms with Crippen LogP contribution in [0.2, 0.25) is 0 Å². The minimum atomic E-state index is -0.573. The van der Waals surface area contributed by atoms with Crippen molar-refractivity contribution in [2.75, 3.05) is 33.1 Å². The Morgan fingerprint density at radius 1 is 1.00 bits per heavy atom. The number of nitrogens with one attached hydrogen (secondary N) is 1. The average molecular weight is 415 g/mol. The lowest BCUT2D eigenvalue weighted by atomic mass is 9.52. The summed E-state index contributed by atoms with van der Waals surface area (Å²) in [5.41, 5.74) is 0.838. The molecule has 0 unspecified atom stereocenters. The van der Waals surface area contributed by atoms with E-state index in [2.05, 4.69) is 10.2 Å². The highest BCUT2D eigenvalue weighted by Gasteiger charge is 2.52. The summed E-state index contributed by atoms with van der Waals surface area (Å²) in [6, 6.07) is 4.41. The standard InChI is InChI=1S/C23H30N2O5/c1-25(23-10-14-6-15(11-23)8-16(7-14)12-23)13-20(26)24-19-9-17(21(27)29-2)4-5-18(19)22(28)30-3/h4-5,9,14-16H,6-8,10-13H2,1-3H3,(H,24,26). The van der Waals surface area contributed by atoms with Gasteiger partial charge in [0.1, 0.15) is 0 Å². The molecular formula is C23H30N2O5. The first-order valence-electron chi connectivity index (χ1n) is 10.7. The largest absolute Gasteiger partial charge is 0.465 e. The van der Waals surface area contributed by atoms with Gasteiger partial charge in [-0.25, -0.2) is 9.59 Å². The second-order valence-electron chi connectivity index (χ2n) is 9.29. The van der Waals surface area contributed by atoms with Gasteiger partial charge in [0, 0.05) is 5.54 Å². The lowest BCUT2D eigenvalue weighted by Gasteiger charge is -2.59. The predicted octanol–water partition coefficient (Wildman–Crippen LogP) is 3.10. The molecule has 5 rings (SSSR count). The fourth-order valence-electron chi connectivity index (χ4n) is 6.29. The van der Waals surface area contributed by atoms with Crippen molar-refractivity contribution < 1.29 is 23.9 Å². The van der Waals surface area contributed by atoms with Crippen LogP contribution in [-0.2, 0) is 14.3 Å². The molecule has 4 saturated carbocycles. The highest BCUT2D eigenvalue weighted by molar-refractivity contribution is 6.03. The highest BCUT2D eigenvalue weighted by atomic mass is 16.5. The summed E-state index contributed by atoms with van der Waals surface area (Å²) in [6.45, 7) is 0.245. The number of nitrogens with zero attached hydrogens (tertiary/aromatic N) is 1. The quantitative estimate of drug-likeness (QED) is 0.720. The van der Waals surface area contributed by atoms with Gasteiger partial charge in [-0.05, 0) is 81.5 Å². The molecule has 162 valence electrons. The molecule has 1 aromatic rings. The summed E-state index contributed by atoms with van der Waals surface area (Å²) < 4.78 is 9.56. The van der Waals surface area contributed by atoms with Crippen LogP contribution in [0.25, 0.3) is 0 Å². The van der Waals surface area contributed by atoms with E-state index in [0.717, 1.165) is 17.8 Å². The average Bonchev–Trinajstić information content (AvgIpc) is 2.71. The highest BCUT2D eigenvalue weighted by Crippen LogP contribution is 2.57. The fraction of sp³-hybridized carbons (Fsp3) is 0.609. The van der Waals surface area contributed by atoms with Gasteiger partial charge >= 0.3 is 11.9 Å². The molecule has 1 aromatic carbocycles. The molecule has 0 spiro atoms. The molecule has 0 aromatic heterocycles. The molecule has 4 aliphatic rings. The molecule has 1 N–H and O–H groups in total. The van der Waals surface area contributed by atoms with Crippen LogP contribution in [0.3, 0.4) is 0 Å². The maximum atomic E-state index is 12.9. The molecule has 7 nitrogen and oxygen atoms in total. The van der Waals surface area contributed by atoms with Crippen LogP contribution in [-0.4, -0.2) is 56.1 Å². The number of rotatable bonds is 6. The van der Waals surface area contributed by atoms with E-state index in [1.165, 1.54) is 70.9 Å². The van der Waals surface area contributed by atoms with Crippen molar-refractivity contribution in [2.45, 2.75) is 44.1 Å². The van der Waals surface area contributed by atoms with E-state index in [9.17, 15) is 14.4 Å². The number of anilines is 1. The van der Waals surface area contributed by atoms with Gasteiger partial charge in [0.2, 0.25) is 5.91 Å². The number of ether oxygens (including phenoxy) is 2. The van der Waals surface area contributed by atoms with Crippen molar-refractivity contribution in [2.24, 2.45) is 17.8 Å². The molecule has 30 heavy (non-hydrogen) atoms. The molecule has 0 atom stereocenters. The Balaban J connectivity index is 1.49.